The Morgan fingerprint density at radius 2 is 1.96 bits per heavy atom. The molecular formula is C22H18N4O2. The number of nitriles is 1. The van der Waals surface area contributed by atoms with Crippen molar-refractivity contribution in [3.05, 3.63) is 65.9 Å². The SMILES string of the molecule is COC(=O)Nn1c(C)c(-c2cc(C#N)ccc2N)c2c3ccccc3ccc21. The van der Waals surface area contributed by atoms with E-state index >= 15 is 0 Å². The Bertz CT molecular complexity index is 1280. The summed E-state index contributed by atoms with van der Waals surface area (Å²) in [6.45, 7) is 1.90. The molecule has 0 saturated heterocycles. The second kappa shape index (κ2) is 6.63. The number of methoxy groups -OCH3 is 1. The van der Waals surface area contributed by atoms with Crippen LogP contribution in [0.25, 0.3) is 32.8 Å². The van der Waals surface area contributed by atoms with E-state index in [1.165, 1.54) is 7.11 Å². The van der Waals surface area contributed by atoms with Crippen molar-refractivity contribution < 1.29 is 9.53 Å². The minimum absolute atomic E-state index is 0.519. The lowest BCUT2D eigenvalue weighted by Crippen LogP contribution is -2.23. The van der Waals surface area contributed by atoms with Gasteiger partial charge in [-0.3, -0.25) is 4.68 Å². The average Bonchev–Trinajstić information content (AvgIpc) is 3.00. The van der Waals surface area contributed by atoms with Gasteiger partial charge in [0, 0.05) is 27.9 Å². The molecule has 0 aliphatic carbocycles. The summed E-state index contributed by atoms with van der Waals surface area (Å²) < 4.78 is 6.48. The smallest absolute Gasteiger partial charge is 0.426 e. The third-order valence-corrected chi connectivity index (χ3v) is 4.94. The number of hydrogen-bond acceptors (Lipinski definition) is 4. The predicted molar refractivity (Wildman–Crippen MR) is 111 cm³/mol. The molecule has 0 unspecified atom stereocenters. The summed E-state index contributed by atoms with van der Waals surface area (Å²) in [6, 6.07) is 19.4. The van der Waals surface area contributed by atoms with E-state index < -0.39 is 6.09 Å². The molecule has 0 bridgehead atoms. The van der Waals surface area contributed by atoms with Crippen molar-refractivity contribution >= 4 is 33.5 Å². The third kappa shape index (κ3) is 2.61. The summed E-state index contributed by atoms with van der Waals surface area (Å²) in [5, 5.41) is 12.4. The zero-order valence-corrected chi connectivity index (χ0v) is 15.5. The largest absolute Gasteiger partial charge is 0.452 e. The van der Waals surface area contributed by atoms with E-state index in [-0.39, 0.29) is 0 Å². The van der Waals surface area contributed by atoms with Gasteiger partial charge in [0.15, 0.2) is 0 Å². The van der Waals surface area contributed by atoms with Crippen molar-refractivity contribution in [3.8, 4) is 17.2 Å². The van der Waals surface area contributed by atoms with Gasteiger partial charge in [0.25, 0.3) is 0 Å². The summed E-state index contributed by atoms with van der Waals surface area (Å²) in [5.74, 6) is 0. The summed E-state index contributed by atoms with van der Waals surface area (Å²) >= 11 is 0. The van der Waals surface area contributed by atoms with E-state index in [1.54, 1.807) is 22.9 Å². The number of ether oxygens (including phenoxy) is 1. The summed E-state index contributed by atoms with van der Waals surface area (Å²) in [6.07, 6.45) is -0.571. The number of carbonyl (C=O) groups excluding carboxylic acids is 1. The van der Waals surface area contributed by atoms with Crippen LogP contribution >= 0.6 is 0 Å². The topological polar surface area (TPSA) is 93.1 Å². The Balaban J connectivity index is 2.16. The van der Waals surface area contributed by atoms with E-state index in [0.717, 1.165) is 38.5 Å². The van der Waals surface area contributed by atoms with Crippen LogP contribution in [0.1, 0.15) is 11.3 Å². The van der Waals surface area contributed by atoms with E-state index in [0.29, 0.717) is 11.3 Å². The van der Waals surface area contributed by atoms with Crippen molar-refractivity contribution in [1.29, 1.82) is 5.26 Å². The number of benzene rings is 3. The fraction of sp³-hybridized carbons (Fsp3) is 0.0909. The Kier molecular flexibility index (Phi) is 4.13. The molecule has 0 aliphatic rings. The molecule has 1 aromatic heterocycles. The van der Waals surface area contributed by atoms with Gasteiger partial charge in [0.05, 0.1) is 24.3 Å². The third-order valence-electron chi connectivity index (χ3n) is 4.94. The quantitative estimate of drug-likeness (QED) is 0.507. The van der Waals surface area contributed by atoms with Gasteiger partial charge in [-0.25, -0.2) is 10.2 Å². The van der Waals surface area contributed by atoms with Crippen LogP contribution in [0, 0.1) is 18.3 Å². The van der Waals surface area contributed by atoms with Crippen LogP contribution < -0.4 is 11.2 Å². The fourth-order valence-corrected chi connectivity index (χ4v) is 3.64. The lowest BCUT2D eigenvalue weighted by molar-refractivity contribution is 0.183. The highest BCUT2D eigenvalue weighted by Crippen LogP contribution is 2.41. The number of nitrogens with two attached hydrogens (primary N) is 1. The molecule has 0 fully saturated rings. The van der Waals surface area contributed by atoms with Gasteiger partial charge in [-0.1, -0.05) is 30.3 Å². The number of fused-ring (bicyclic) bond motifs is 3. The van der Waals surface area contributed by atoms with Gasteiger partial charge >= 0.3 is 6.09 Å². The van der Waals surface area contributed by atoms with Gasteiger partial charge in [0.1, 0.15) is 0 Å². The number of hydrogen-bond donors (Lipinski definition) is 2. The molecule has 0 aliphatic heterocycles. The maximum Gasteiger partial charge on any atom is 0.426 e. The van der Waals surface area contributed by atoms with Crippen LogP contribution in [0.3, 0.4) is 0 Å². The van der Waals surface area contributed by atoms with Crippen LogP contribution in [-0.4, -0.2) is 17.9 Å². The first kappa shape index (κ1) is 17.4. The summed E-state index contributed by atoms with van der Waals surface area (Å²) in [7, 11) is 1.32. The number of carbonyl (C=O) groups is 1. The van der Waals surface area contributed by atoms with Gasteiger partial charge in [-0.2, -0.15) is 5.26 Å². The second-order valence-electron chi connectivity index (χ2n) is 6.49. The molecule has 1 heterocycles. The number of rotatable bonds is 2. The first-order chi connectivity index (χ1) is 13.5. The summed E-state index contributed by atoms with van der Waals surface area (Å²) in [4.78, 5) is 11.9. The second-order valence-corrected chi connectivity index (χ2v) is 6.49. The molecule has 0 spiro atoms. The van der Waals surface area contributed by atoms with Gasteiger partial charge in [-0.05, 0) is 42.0 Å². The molecule has 1 amide bonds. The molecule has 3 N–H and O–H groups in total. The van der Waals surface area contributed by atoms with Crippen LogP contribution in [0.2, 0.25) is 0 Å². The number of aromatic nitrogens is 1. The molecule has 6 heteroatoms. The highest BCUT2D eigenvalue weighted by Gasteiger charge is 2.21. The number of anilines is 1. The lowest BCUT2D eigenvalue weighted by Gasteiger charge is -2.10. The molecule has 4 rings (SSSR count). The van der Waals surface area contributed by atoms with Gasteiger partial charge in [0.2, 0.25) is 0 Å². The van der Waals surface area contributed by atoms with Crippen LogP contribution in [0.5, 0.6) is 0 Å². The molecule has 0 radical (unpaired) electrons. The van der Waals surface area contributed by atoms with Crippen LogP contribution in [-0.2, 0) is 4.74 Å². The van der Waals surface area contributed by atoms with Gasteiger partial charge < -0.3 is 10.5 Å². The van der Waals surface area contributed by atoms with Crippen molar-refractivity contribution in [2.45, 2.75) is 6.92 Å². The predicted octanol–water partition coefficient (Wildman–Crippen LogP) is 4.53. The monoisotopic (exact) mass is 370 g/mol. The number of nitrogens with one attached hydrogen (secondary N) is 1. The molecule has 6 nitrogen and oxygen atoms in total. The number of nitrogens with zero attached hydrogens (tertiary/aromatic N) is 2. The molecule has 28 heavy (non-hydrogen) atoms. The maximum absolute atomic E-state index is 11.9. The first-order valence-corrected chi connectivity index (χ1v) is 8.73. The van der Waals surface area contributed by atoms with Gasteiger partial charge in [-0.15, -0.1) is 0 Å². The Labute approximate surface area is 161 Å². The molecule has 0 saturated carbocycles. The van der Waals surface area contributed by atoms with Crippen LogP contribution in [0.4, 0.5) is 10.5 Å². The first-order valence-electron chi connectivity index (χ1n) is 8.73. The zero-order chi connectivity index (χ0) is 19.8. The van der Waals surface area contributed by atoms with Crippen molar-refractivity contribution in [3.63, 3.8) is 0 Å². The highest BCUT2D eigenvalue weighted by atomic mass is 16.5. The van der Waals surface area contributed by atoms with Crippen molar-refractivity contribution in [2.24, 2.45) is 0 Å². The lowest BCUT2D eigenvalue weighted by atomic mass is 9.95. The number of amides is 1. The Morgan fingerprint density at radius 3 is 2.71 bits per heavy atom. The van der Waals surface area contributed by atoms with Crippen molar-refractivity contribution in [2.75, 3.05) is 18.3 Å². The Hall–Kier alpha value is -3.98. The molecule has 4 aromatic rings. The molecular weight excluding hydrogens is 352 g/mol. The summed E-state index contributed by atoms with van der Waals surface area (Å²) in [5.41, 5.74) is 13.4. The van der Waals surface area contributed by atoms with E-state index in [9.17, 15) is 10.1 Å². The number of nitrogen functional groups attached to an aromatic ring is 1. The zero-order valence-electron chi connectivity index (χ0n) is 15.5. The van der Waals surface area contributed by atoms with Crippen molar-refractivity contribution in [1.82, 2.24) is 4.68 Å². The fourth-order valence-electron chi connectivity index (χ4n) is 3.64. The van der Waals surface area contributed by atoms with E-state index in [2.05, 4.69) is 11.5 Å². The molecule has 0 atom stereocenters. The molecule has 3 aromatic carbocycles. The standard InChI is InChI=1S/C22H18N4O2/c1-13-20(17-11-14(12-23)7-9-18(17)24)21-16-6-4-3-5-15(16)8-10-19(21)26(13)25-22(27)28-2/h3-11H,24H2,1-2H3,(H,25,27). The van der Waals surface area contributed by atoms with E-state index in [1.807, 2.05) is 43.3 Å². The minimum Gasteiger partial charge on any atom is -0.452 e. The average molecular weight is 370 g/mol. The Morgan fingerprint density at radius 1 is 1.18 bits per heavy atom. The molecule has 138 valence electrons. The van der Waals surface area contributed by atoms with Crippen LogP contribution in [0.15, 0.2) is 54.6 Å². The normalized spacial score (nSPS) is 10.8. The minimum atomic E-state index is -0.571. The van der Waals surface area contributed by atoms with E-state index in [4.69, 9.17) is 10.5 Å². The maximum atomic E-state index is 11.9. The highest BCUT2D eigenvalue weighted by molar-refractivity contribution is 6.16.